The van der Waals surface area contributed by atoms with Crippen LogP contribution in [0.4, 0.5) is 0 Å². The summed E-state index contributed by atoms with van der Waals surface area (Å²) in [5.41, 5.74) is 23.2. The number of rotatable bonds is 42. The third-order valence-corrected chi connectivity index (χ3v) is 13.7. The predicted molar refractivity (Wildman–Crippen MR) is 327 cm³/mol. The zero-order chi connectivity index (χ0) is 68.7. The topological polar surface area (TPSA) is 545 Å². The Morgan fingerprint density at radius 1 is 0.418 bits per heavy atom. The summed E-state index contributed by atoms with van der Waals surface area (Å²) in [5, 5.41) is 60.4. The molecule has 0 aliphatic rings. The van der Waals surface area contributed by atoms with Gasteiger partial charge in [0.1, 0.15) is 54.4 Å². The van der Waals surface area contributed by atoms with Crippen LogP contribution in [0.15, 0.2) is 65.7 Å². The number of hydrogen-bond donors (Lipinski definition) is 17. The number of nitrogens with one attached hydrogen (secondary N) is 9. The fourth-order valence-electron chi connectivity index (χ4n) is 8.99. The SMILES string of the molecule is CC(C)C[C@H](NC(=O)[C@H](CC(C)C)NC(=O)[C@H](CC(N)=O)NC(=O)[C@H](CCC(=O)O)NC(=O)[C@@H](N)CCC(=O)O)C(=O)N[C@@H](CC(=O)O)C(=O)N[C@@H](Cc1ccccc1)C(=O)N[C@H](C(=O)N[C@@H](CCCN=C(N)N)C(=O)N[C@@H](Cc1ccccc1)C(=O)O)C(C)C. The second-order valence-electron chi connectivity index (χ2n) is 22.9. The van der Waals surface area contributed by atoms with Crippen molar-refractivity contribution in [3.05, 3.63) is 71.8 Å². The molecule has 0 spiro atoms. The number of carboxylic acid groups (broad SMARTS) is 4. The lowest BCUT2D eigenvalue weighted by atomic mass is 9.99. The average Bonchev–Trinajstić information content (AvgIpc) is 2.80. The summed E-state index contributed by atoms with van der Waals surface area (Å²) >= 11 is 0. The first-order valence-corrected chi connectivity index (χ1v) is 29.5. The lowest BCUT2D eigenvalue weighted by Gasteiger charge is -2.29. The summed E-state index contributed by atoms with van der Waals surface area (Å²) in [6.07, 6.45) is -4.77. The number of primary amides is 1. The molecule has 0 aliphatic heterocycles. The highest BCUT2D eigenvalue weighted by molar-refractivity contribution is 6.00. The van der Waals surface area contributed by atoms with Gasteiger partial charge in [-0.3, -0.25) is 67.3 Å². The molecule has 10 atom stereocenters. The second-order valence-corrected chi connectivity index (χ2v) is 22.9. The molecule has 21 N–H and O–H groups in total. The van der Waals surface area contributed by atoms with E-state index in [1.165, 1.54) is 0 Å². The molecule has 502 valence electrons. The molecule has 0 unspecified atom stereocenters. The Balaban J connectivity index is 2.49. The van der Waals surface area contributed by atoms with Crippen molar-refractivity contribution in [2.45, 2.75) is 179 Å². The number of nitrogens with two attached hydrogens (primary N) is 4. The number of amides is 10. The highest BCUT2D eigenvalue weighted by Gasteiger charge is 2.38. The summed E-state index contributed by atoms with van der Waals surface area (Å²) < 4.78 is 0. The standard InChI is InChI=1S/C59H88N14O18/c1-30(2)24-38(68-54(86)41(28-44(61)74)70-51(83)37(20-22-46(77)78)65-49(81)35(60)19-21-45(75)76)52(84)67-39(25-31(3)4)53(85)71-42(29-47(79)80)55(87)69-40(26-33-14-9-7-10-15-33)56(88)73-48(32(5)6)57(89)66-36(18-13-23-64-59(62)63)50(82)72-43(58(90)91)27-34-16-11-8-12-17-34/h7-12,14-17,30-32,35-43,48H,13,18-29,60H2,1-6H3,(H2,61,74)(H,65,81)(H,66,89)(H,67,84)(H,68,86)(H,69,87)(H,70,83)(H,71,85)(H,72,82)(H,73,88)(H,75,76)(H,77,78)(H,79,80)(H,90,91)(H4,62,63,64)/t35-,36-,37-,38-,39-,40-,41-,42-,43-,48-/m0/s1. The number of benzene rings is 2. The summed E-state index contributed by atoms with van der Waals surface area (Å²) in [5.74, 6) is -18.0. The van der Waals surface area contributed by atoms with Gasteiger partial charge in [-0.1, -0.05) is 102 Å². The monoisotopic (exact) mass is 1280 g/mol. The normalized spacial score (nSPS) is 14.4. The zero-order valence-corrected chi connectivity index (χ0v) is 51.7. The van der Waals surface area contributed by atoms with E-state index in [9.17, 15) is 82.4 Å². The van der Waals surface area contributed by atoms with Crippen LogP contribution >= 0.6 is 0 Å². The van der Waals surface area contributed by atoms with Crippen LogP contribution in [0.2, 0.25) is 0 Å². The van der Waals surface area contributed by atoms with Gasteiger partial charge in [0.25, 0.3) is 0 Å². The largest absolute Gasteiger partial charge is 0.481 e. The molecule has 0 radical (unpaired) electrons. The molecule has 2 aromatic rings. The van der Waals surface area contributed by atoms with E-state index in [0.717, 1.165) is 0 Å². The Morgan fingerprint density at radius 2 is 0.791 bits per heavy atom. The van der Waals surface area contributed by atoms with Gasteiger partial charge in [0.2, 0.25) is 59.1 Å². The maximum Gasteiger partial charge on any atom is 0.326 e. The van der Waals surface area contributed by atoms with Crippen LogP contribution in [-0.2, 0) is 80.0 Å². The third-order valence-electron chi connectivity index (χ3n) is 13.7. The van der Waals surface area contributed by atoms with Gasteiger partial charge in [-0.15, -0.1) is 0 Å². The van der Waals surface area contributed by atoms with Gasteiger partial charge in [-0.2, -0.15) is 0 Å². The molecular weight excluding hydrogens is 1190 g/mol. The smallest absolute Gasteiger partial charge is 0.326 e. The fraction of sp³-hybridized carbons (Fsp3) is 0.542. The van der Waals surface area contributed by atoms with E-state index in [0.29, 0.717) is 11.1 Å². The molecular formula is C59H88N14O18. The number of carboxylic acids is 4. The van der Waals surface area contributed by atoms with Gasteiger partial charge in [-0.05, 0) is 67.4 Å². The lowest BCUT2D eigenvalue weighted by molar-refractivity contribution is -0.142. The van der Waals surface area contributed by atoms with Gasteiger partial charge < -0.3 is 91.2 Å². The third kappa shape index (κ3) is 30.3. The highest BCUT2D eigenvalue weighted by atomic mass is 16.4. The maximum absolute atomic E-state index is 14.5. The first-order valence-electron chi connectivity index (χ1n) is 29.5. The predicted octanol–water partition coefficient (Wildman–Crippen LogP) is -2.87. The molecule has 32 heteroatoms. The van der Waals surface area contributed by atoms with Crippen molar-refractivity contribution in [1.29, 1.82) is 0 Å². The van der Waals surface area contributed by atoms with Gasteiger partial charge >= 0.3 is 23.9 Å². The average molecular weight is 1280 g/mol. The molecule has 0 aliphatic carbocycles. The van der Waals surface area contributed by atoms with Gasteiger partial charge in [-0.25, -0.2) is 4.79 Å². The van der Waals surface area contributed by atoms with Crippen molar-refractivity contribution in [1.82, 2.24) is 47.9 Å². The fourth-order valence-corrected chi connectivity index (χ4v) is 8.99. The van der Waals surface area contributed by atoms with Crippen LogP contribution in [-0.4, -0.2) is 176 Å². The Bertz CT molecular complexity index is 2870. The first kappa shape index (κ1) is 77.3. The van der Waals surface area contributed by atoms with Crippen molar-refractivity contribution in [2.24, 2.45) is 45.7 Å². The van der Waals surface area contributed by atoms with Crippen molar-refractivity contribution in [3.63, 3.8) is 0 Å². The molecule has 32 nitrogen and oxygen atoms in total. The summed E-state index contributed by atoms with van der Waals surface area (Å²) in [6, 6.07) is 0.701. The number of carbonyl (C=O) groups is 14. The number of aliphatic carboxylic acids is 4. The molecule has 0 aromatic heterocycles. The van der Waals surface area contributed by atoms with Crippen LogP contribution in [0, 0.1) is 17.8 Å². The van der Waals surface area contributed by atoms with E-state index in [-0.39, 0.29) is 63.4 Å². The molecule has 91 heavy (non-hydrogen) atoms. The van der Waals surface area contributed by atoms with Crippen molar-refractivity contribution in [3.8, 4) is 0 Å². The molecule has 0 fully saturated rings. The molecule has 10 amide bonds. The van der Waals surface area contributed by atoms with Crippen LogP contribution < -0.4 is 70.8 Å². The van der Waals surface area contributed by atoms with Crippen LogP contribution in [0.5, 0.6) is 0 Å². The Morgan fingerprint density at radius 3 is 1.22 bits per heavy atom. The maximum atomic E-state index is 14.5. The summed E-state index contributed by atoms with van der Waals surface area (Å²) in [7, 11) is 0. The van der Waals surface area contributed by atoms with Gasteiger partial charge in [0, 0.05) is 32.2 Å². The van der Waals surface area contributed by atoms with E-state index >= 15 is 0 Å². The number of hydrogen-bond acceptors (Lipinski definition) is 16. The second kappa shape index (κ2) is 39.3. The van der Waals surface area contributed by atoms with Gasteiger partial charge in [0.05, 0.1) is 18.9 Å². The van der Waals surface area contributed by atoms with Crippen molar-refractivity contribution in [2.75, 3.05) is 6.54 Å². The van der Waals surface area contributed by atoms with E-state index < -0.39 is 187 Å². The van der Waals surface area contributed by atoms with Gasteiger partial charge in [0.15, 0.2) is 5.96 Å². The van der Waals surface area contributed by atoms with Crippen LogP contribution in [0.3, 0.4) is 0 Å². The number of nitrogens with zero attached hydrogens (tertiary/aromatic N) is 1. The lowest BCUT2D eigenvalue weighted by Crippen LogP contribution is -2.61. The Labute approximate surface area is 525 Å². The van der Waals surface area contributed by atoms with E-state index in [4.69, 9.17) is 28.0 Å². The quantitative estimate of drug-likeness (QED) is 0.0180. The minimum absolute atomic E-state index is 0.0207. The van der Waals surface area contributed by atoms with Crippen LogP contribution in [0.1, 0.15) is 117 Å². The zero-order valence-electron chi connectivity index (χ0n) is 51.7. The molecule has 2 rings (SSSR count). The van der Waals surface area contributed by atoms with Crippen LogP contribution in [0.25, 0.3) is 0 Å². The Hall–Kier alpha value is -9.75. The van der Waals surface area contributed by atoms with Crippen molar-refractivity contribution >= 4 is 88.9 Å². The molecule has 0 saturated carbocycles. The first-order chi connectivity index (χ1) is 42.7. The summed E-state index contributed by atoms with van der Waals surface area (Å²) in [4.78, 5) is 189. The number of carbonyl (C=O) groups excluding carboxylic acids is 10. The van der Waals surface area contributed by atoms with E-state index in [1.807, 2.05) is 0 Å². The minimum Gasteiger partial charge on any atom is -0.481 e. The molecule has 0 saturated heterocycles. The molecule has 0 bridgehead atoms. The summed E-state index contributed by atoms with van der Waals surface area (Å²) in [6.45, 7) is 9.80. The number of aliphatic imine (C=N–C) groups is 1. The molecule has 2 aromatic carbocycles. The molecule has 0 heterocycles. The number of guanidine groups is 1. The van der Waals surface area contributed by atoms with E-state index in [1.54, 1.807) is 102 Å². The highest BCUT2D eigenvalue weighted by Crippen LogP contribution is 2.14. The Kier molecular flexibility index (Phi) is 33.4. The minimum atomic E-state index is -1.95. The van der Waals surface area contributed by atoms with E-state index in [2.05, 4.69) is 52.8 Å². The van der Waals surface area contributed by atoms with Crippen molar-refractivity contribution < 1.29 is 87.5 Å².